The number of hydrogen-bond acceptors (Lipinski definition) is 7. The second-order valence-electron chi connectivity index (χ2n) is 12.7. The van der Waals surface area contributed by atoms with Gasteiger partial charge in [-0.2, -0.15) is 0 Å². The highest BCUT2D eigenvalue weighted by Crippen LogP contribution is 2.68. The second kappa shape index (κ2) is 8.52. The number of ketones is 1. The number of carbonyl (C=O) groups is 1. The first kappa shape index (κ1) is 26.1. The van der Waals surface area contributed by atoms with Gasteiger partial charge in [-0.05, 0) is 105 Å². The summed E-state index contributed by atoms with van der Waals surface area (Å²) in [5.74, 6) is -0.399. The van der Waals surface area contributed by atoms with E-state index in [1.54, 1.807) is 6.07 Å². The van der Waals surface area contributed by atoms with Crippen LogP contribution >= 0.6 is 0 Å². The quantitative estimate of drug-likeness (QED) is 0.479. The molecular weight excluding hydrogens is 480 g/mol. The average Bonchev–Trinajstić information content (AvgIpc) is 3.08. The van der Waals surface area contributed by atoms with Crippen LogP contribution in [-0.2, 0) is 14.6 Å². The van der Waals surface area contributed by atoms with Gasteiger partial charge in [-0.15, -0.1) is 0 Å². The van der Waals surface area contributed by atoms with Crippen molar-refractivity contribution in [3.63, 3.8) is 0 Å². The molecule has 200 valence electrons. The number of carbonyl (C=O) groups excluding carboxylic acids is 1. The number of aliphatic hydroxyl groups excluding tert-OH is 2. The number of aromatic hydroxyl groups is 1. The van der Waals surface area contributed by atoms with Crippen LogP contribution in [0, 0.1) is 41.4 Å². The Kier molecular flexibility index (Phi) is 6.18. The third kappa shape index (κ3) is 3.47. The van der Waals surface area contributed by atoms with E-state index in [1.165, 1.54) is 12.1 Å². The Hall–Kier alpha value is -1.48. The van der Waals surface area contributed by atoms with Crippen molar-refractivity contribution in [1.29, 1.82) is 0 Å². The average molecular weight is 521 g/mol. The Morgan fingerprint density at radius 1 is 1.11 bits per heavy atom. The molecule has 0 bridgehead atoms. The van der Waals surface area contributed by atoms with Crippen molar-refractivity contribution in [1.82, 2.24) is 0 Å². The summed E-state index contributed by atoms with van der Waals surface area (Å²) in [6.45, 7) is 5.22. The van der Waals surface area contributed by atoms with Crippen LogP contribution in [0.5, 0.6) is 5.75 Å². The predicted octanol–water partition coefficient (Wildman–Crippen LogP) is 3.15. The number of aryl methyl sites for hydroxylation is 1. The van der Waals surface area contributed by atoms with Gasteiger partial charge in [0.25, 0.3) is 0 Å². The summed E-state index contributed by atoms with van der Waals surface area (Å²) in [5, 5.41) is 42.2. The maximum Gasteiger partial charge on any atom is 0.190 e. The lowest BCUT2D eigenvalue weighted by molar-refractivity contribution is -0.198. The van der Waals surface area contributed by atoms with Crippen LogP contribution in [0.15, 0.2) is 23.1 Å². The van der Waals surface area contributed by atoms with E-state index in [0.29, 0.717) is 38.5 Å². The molecule has 0 saturated heterocycles. The monoisotopic (exact) mass is 520 g/mol. The molecule has 0 unspecified atom stereocenters. The van der Waals surface area contributed by atoms with Crippen LogP contribution in [0.4, 0.5) is 0 Å². The molecule has 36 heavy (non-hydrogen) atoms. The van der Waals surface area contributed by atoms with Gasteiger partial charge in [0.05, 0.1) is 11.4 Å². The highest BCUT2D eigenvalue weighted by Gasteiger charge is 2.68. The summed E-state index contributed by atoms with van der Waals surface area (Å²) in [6, 6.07) is 4.71. The van der Waals surface area contributed by atoms with Crippen LogP contribution in [-0.4, -0.2) is 58.2 Å². The minimum absolute atomic E-state index is 0.00245. The summed E-state index contributed by atoms with van der Waals surface area (Å²) >= 11 is 0. The van der Waals surface area contributed by atoms with Gasteiger partial charge in [0.2, 0.25) is 0 Å². The number of aliphatic hydroxyl groups is 3. The van der Waals surface area contributed by atoms with Crippen LogP contribution in [0.1, 0.15) is 70.8 Å². The lowest BCUT2D eigenvalue weighted by Crippen LogP contribution is -2.63. The summed E-state index contributed by atoms with van der Waals surface area (Å²) in [6.07, 6.45) is 3.95. The fraction of sp³-hybridized carbons (Fsp3) is 0.750. The Bertz CT molecular complexity index is 1160. The third-order valence-corrected chi connectivity index (χ3v) is 13.4. The fourth-order valence-electron chi connectivity index (χ4n) is 9.27. The third-order valence-electron chi connectivity index (χ3n) is 11.2. The van der Waals surface area contributed by atoms with Gasteiger partial charge >= 0.3 is 0 Å². The topological polar surface area (TPSA) is 132 Å². The first-order chi connectivity index (χ1) is 16.8. The van der Waals surface area contributed by atoms with E-state index >= 15 is 0 Å². The van der Waals surface area contributed by atoms with Crippen LogP contribution < -0.4 is 0 Å². The van der Waals surface area contributed by atoms with Crippen molar-refractivity contribution in [2.45, 2.75) is 94.0 Å². The normalized spacial score (nSPS) is 44.4. The molecule has 4 N–H and O–H groups in total. The molecule has 1 aromatic rings. The molecule has 8 heteroatoms. The van der Waals surface area contributed by atoms with E-state index in [4.69, 9.17) is 0 Å². The number of sulfone groups is 1. The molecule has 4 aliphatic carbocycles. The van der Waals surface area contributed by atoms with Crippen molar-refractivity contribution in [3.05, 3.63) is 23.8 Å². The minimum Gasteiger partial charge on any atom is -0.507 e. The molecule has 9 atom stereocenters. The van der Waals surface area contributed by atoms with E-state index in [-0.39, 0.29) is 39.7 Å². The second-order valence-corrected chi connectivity index (χ2v) is 14.9. The van der Waals surface area contributed by atoms with Crippen LogP contribution in [0.2, 0.25) is 0 Å². The van der Waals surface area contributed by atoms with Crippen LogP contribution in [0.3, 0.4) is 0 Å². The Morgan fingerprint density at radius 2 is 1.83 bits per heavy atom. The van der Waals surface area contributed by atoms with Gasteiger partial charge in [0.15, 0.2) is 15.6 Å². The van der Waals surface area contributed by atoms with Crippen molar-refractivity contribution < 1.29 is 33.6 Å². The zero-order valence-electron chi connectivity index (χ0n) is 21.5. The first-order valence-corrected chi connectivity index (χ1v) is 14.9. The molecule has 4 aliphatic rings. The molecule has 4 saturated carbocycles. The summed E-state index contributed by atoms with van der Waals surface area (Å²) < 4.78 is 27.0. The largest absolute Gasteiger partial charge is 0.507 e. The van der Waals surface area contributed by atoms with Gasteiger partial charge in [-0.3, -0.25) is 4.79 Å². The molecule has 1 aromatic carbocycles. The smallest absolute Gasteiger partial charge is 0.190 e. The van der Waals surface area contributed by atoms with E-state index in [9.17, 15) is 33.6 Å². The number of phenols is 1. The van der Waals surface area contributed by atoms with Crippen molar-refractivity contribution in [2.24, 2.45) is 34.5 Å². The molecule has 0 radical (unpaired) electrons. The maximum absolute atomic E-state index is 13.5. The predicted molar refractivity (Wildman–Crippen MR) is 134 cm³/mol. The Labute approximate surface area is 213 Å². The lowest BCUT2D eigenvalue weighted by atomic mass is 9.43. The molecule has 0 amide bonds. The minimum atomic E-state index is -3.69. The van der Waals surface area contributed by atoms with Gasteiger partial charge in [-0.1, -0.05) is 19.9 Å². The fourth-order valence-corrected chi connectivity index (χ4v) is 11.1. The molecule has 0 spiro atoms. The maximum atomic E-state index is 13.5. The Balaban J connectivity index is 1.41. The van der Waals surface area contributed by atoms with Crippen molar-refractivity contribution in [3.8, 4) is 5.75 Å². The molecule has 0 aliphatic heterocycles. The highest BCUT2D eigenvalue weighted by molar-refractivity contribution is 7.92. The van der Waals surface area contributed by atoms with E-state index in [0.717, 1.165) is 18.4 Å². The number of rotatable bonds is 4. The van der Waals surface area contributed by atoms with Gasteiger partial charge in [0, 0.05) is 5.41 Å². The number of Topliss-reactive ketones (excluding diaryl/α,β-unsaturated/α-hetero) is 1. The molecule has 7 nitrogen and oxygen atoms in total. The molecular formula is C28H40O7S. The summed E-state index contributed by atoms with van der Waals surface area (Å²) in [7, 11) is -3.69. The van der Waals surface area contributed by atoms with Gasteiger partial charge in [-0.25, -0.2) is 8.42 Å². The van der Waals surface area contributed by atoms with Crippen LogP contribution in [0.25, 0.3) is 0 Å². The molecule has 0 heterocycles. The highest BCUT2D eigenvalue weighted by atomic mass is 32.2. The standard InChI is InChI=1S/C28H40O7S/c1-16-4-7-23(21(30)12-16)36(34,35)18-8-10-26(2)17(13-18)5-6-19-20-9-11-28(33,24(32)15-29)27(20,3)14-22(31)25(19)26/h4,7,12,17-20,22,25,29-31,33H,5-6,8-11,13-15H2,1-3H3/t17-,18-,19-,20-,22-,25+,26-,27-,28-/m0/s1. The number of benzene rings is 1. The summed E-state index contributed by atoms with van der Waals surface area (Å²) in [5.41, 5.74) is -1.82. The zero-order valence-corrected chi connectivity index (χ0v) is 22.3. The number of hydrogen-bond donors (Lipinski definition) is 4. The van der Waals surface area contributed by atoms with E-state index in [2.05, 4.69) is 6.92 Å². The van der Waals surface area contributed by atoms with Gasteiger partial charge in [0.1, 0.15) is 22.9 Å². The van der Waals surface area contributed by atoms with E-state index < -0.39 is 44.6 Å². The van der Waals surface area contributed by atoms with Crippen molar-refractivity contribution in [2.75, 3.05) is 6.61 Å². The Morgan fingerprint density at radius 3 is 2.50 bits per heavy atom. The van der Waals surface area contributed by atoms with Crippen molar-refractivity contribution >= 4 is 15.6 Å². The van der Waals surface area contributed by atoms with E-state index in [1.807, 2.05) is 13.8 Å². The molecule has 5 rings (SSSR count). The molecule has 0 aromatic heterocycles. The molecule has 4 fully saturated rings. The number of phenolic OH excluding ortho intramolecular Hbond substituents is 1. The zero-order chi connectivity index (χ0) is 26.3. The van der Waals surface area contributed by atoms with Gasteiger partial charge < -0.3 is 20.4 Å². The SMILES string of the molecule is Cc1ccc(S(=O)(=O)[C@H]2CC[C@@]3(C)[C@@H](CC[C@@H]4[C@@H]3[C@@H](O)C[C@@]3(C)[C@H]4CC[C@]3(O)C(=O)CO)C2)c(O)c1. The number of fused-ring (bicyclic) bond motifs is 5. The first-order valence-electron chi connectivity index (χ1n) is 13.4. The lowest BCUT2D eigenvalue weighted by Gasteiger charge is -2.63. The summed E-state index contributed by atoms with van der Waals surface area (Å²) in [4.78, 5) is 12.6.